The van der Waals surface area contributed by atoms with Crippen molar-refractivity contribution in [2.45, 2.75) is 6.54 Å². The Morgan fingerprint density at radius 3 is 3.00 bits per heavy atom. The van der Waals surface area contributed by atoms with E-state index in [1.54, 1.807) is 22.9 Å². The maximum absolute atomic E-state index is 9.24. The largest absolute Gasteiger partial charge is 0.508 e. The Bertz CT molecular complexity index is 466. The van der Waals surface area contributed by atoms with E-state index in [-0.39, 0.29) is 5.75 Å². The molecule has 2 rings (SSSR count). The van der Waals surface area contributed by atoms with Crippen molar-refractivity contribution >= 4 is 22.5 Å². The van der Waals surface area contributed by atoms with Gasteiger partial charge in [0.1, 0.15) is 10.9 Å². The molecular weight excluding hydrogens is 202 g/mol. The zero-order valence-electron chi connectivity index (χ0n) is 7.44. The van der Waals surface area contributed by atoms with Crippen LogP contribution in [0.25, 0.3) is 10.9 Å². The monoisotopic (exact) mass is 211 g/mol. The SMILES string of the molecule is NCCn1nc2cc(O)ccc2c1Cl. The number of phenols is 1. The Morgan fingerprint density at radius 1 is 1.50 bits per heavy atom. The maximum atomic E-state index is 9.24. The summed E-state index contributed by atoms with van der Waals surface area (Å²) in [4.78, 5) is 0. The molecule has 5 heteroatoms. The van der Waals surface area contributed by atoms with Crippen LogP contribution in [-0.4, -0.2) is 21.4 Å². The number of hydrogen-bond donors (Lipinski definition) is 2. The summed E-state index contributed by atoms with van der Waals surface area (Å²) in [6.07, 6.45) is 0. The molecule has 0 unspecified atom stereocenters. The fourth-order valence-electron chi connectivity index (χ4n) is 1.36. The quantitative estimate of drug-likeness (QED) is 0.788. The van der Waals surface area contributed by atoms with Crippen LogP contribution >= 0.6 is 11.6 Å². The van der Waals surface area contributed by atoms with Crippen molar-refractivity contribution in [1.82, 2.24) is 9.78 Å². The van der Waals surface area contributed by atoms with Crippen LogP contribution in [0.3, 0.4) is 0 Å². The number of aromatic hydroxyl groups is 1. The molecule has 0 aliphatic rings. The summed E-state index contributed by atoms with van der Waals surface area (Å²) < 4.78 is 1.63. The van der Waals surface area contributed by atoms with E-state index in [4.69, 9.17) is 17.3 Å². The zero-order valence-corrected chi connectivity index (χ0v) is 8.20. The Kier molecular flexibility index (Phi) is 2.31. The van der Waals surface area contributed by atoms with Crippen molar-refractivity contribution in [3.05, 3.63) is 23.4 Å². The number of fused-ring (bicyclic) bond motifs is 1. The Morgan fingerprint density at radius 2 is 2.29 bits per heavy atom. The first-order valence-corrected chi connectivity index (χ1v) is 4.65. The summed E-state index contributed by atoms with van der Waals surface area (Å²) in [5, 5.41) is 14.8. The van der Waals surface area contributed by atoms with Crippen LogP contribution in [0.5, 0.6) is 5.75 Å². The molecule has 0 bridgehead atoms. The number of rotatable bonds is 2. The van der Waals surface area contributed by atoms with E-state index < -0.39 is 0 Å². The first-order valence-electron chi connectivity index (χ1n) is 4.27. The highest BCUT2D eigenvalue weighted by Gasteiger charge is 2.08. The summed E-state index contributed by atoms with van der Waals surface area (Å²) in [7, 11) is 0. The second-order valence-electron chi connectivity index (χ2n) is 3.00. The number of phenolic OH excluding ortho intramolecular Hbond substituents is 1. The Labute approximate surface area is 85.9 Å². The second-order valence-corrected chi connectivity index (χ2v) is 3.36. The van der Waals surface area contributed by atoms with Crippen LogP contribution in [0.4, 0.5) is 0 Å². The summed E-state index contributed by atoms with van der Waals surface area (Å²) in [5.74, 6) is 0.187. The van der Waals surface area contributed by atoms with Gasteiger partial charge in [-0.05, 0) is 12.1 Å². The Hall–Kier alpha value is -1.26. The predicted octanol–water partition coefficient (Wildman–Crippen LogP) is 1.35. The Balaban J connectivity index is 2.61. The van der Waals surface area contributed by atoms with Gasteiger partial charge in [0, 0.05) is 18.0 Å². The lowest BCUT2D eigenvalue weighted by atomic mass is 10.2. The molecule has 1 aromatic carbocycles. The molecule has 0 saturated carbocycles. The molecule has 0 saturated heterocycles. The van der Waals surface area contributed by atoms with Crippen molar-refractivity contribution < 1.29 is 5.11 Å². The average molecular weight is 212 g/mol. The molecule has 0 radical (unpaired) electrons. The molecular formula is C9H10ClN3O. The highest BCUT2D eigenvalue weighted by atomic mass is 35.5. The van der Waals surface area contributed by atoms with Crippen molar-refractivity contribution in [2.75, 3.05) is 6.54 Å². The number of aromatic nitrogens is 2. The van der Waals surface area contributed by atoms with Crippen LogP contribution in [0.1, 0.15) is 0 Å². The number of hydrogen-bond acceptors (Lipinski definition) is 3. The van der Waals surface area contributed by atoms with Gasteiger partial charge in [-0.15, -0.1) is 0 Å². The topological polar surface area (TPSA) is 64.1 Å². The molecule has 14 heavy (non-hydrogen) atoms. The molecule has 0 aliphatic heterocycles. The molecule has 1 aromatic heterocycles. The molecule has 0 amide bonds. The second kappa shape index (κ2) is 3.48. The average Bonchev–Trinajstić information content (AvgIpc) is 2.44. The van der Waals surface area contributed by atoms with E-state index in [0.717, 1.165) is 5.39 Å². The summed E-state index contributed by atoms with van der Waals surface area (Å²) in [6.45, 7) is 1.06. The van der Waals surface area contributed by atoms with Crippen LogP contribution in [0, 0.1) is 0 Å². The van der Waals surface area contributed by atoms with Crippen LogP contribution in [0.2, 0.25) is 5.15 Å². The van der Waals surface area contributed by atoms with Crippen LogP contribution < -0.4 is 5.73 Å². The number of halogens is 1. The van der Waals surface area contributed by atoms with E-state index >= 15 is 0 Å². The first-order chi connectivity index (χ1) is 6.72. The highest BCUT2D eigenvalue weighted by molar-refractivity contribution is 6.34. The lowest BCUT2D eigenvalue weighted by Gasteiger charge is -1.97. The van der Waals surface area contributed by atoms with E-state index in [0.29, 0.717) is 23.8 Å². The fourth-order valence-corrected chi connectivity index (χ4v) is 1.64. The van der Waals surface area contributed by atoms with E-state index in [2.05, 4.69) is 5.10 Å². The standard InChI is InChI=1S/C9H10ClN3O/c10-9-7-2-1-6(14)5-8(7)12-13(9)4-3-11/h1-2,5,14H,3-4,11H2. The molecule has 74 valence electrons. The normalized spacial score (nSPS) is 11.0. The van der Waals surface area contributed by atoms with Gasteiger partial charge in [0.15, 0.2) is 0 Å². The lowest BCUT2D eigenvalue weighted by Crippen LogP contribution is -2.10. The van der Waals surface area contributed by atoms with Gasteiger partial charge < -0.3 is 10.8 Å². The lowest BCUT2D eigenvalue weighted by molar-refractivity contribution is 0.476. The number of nitrogens with zero attached hydrogens (tertiary/aromatic N) is 2. The highest BCUT2D eigenvalue weighted by Crippen LogP contribution is 2.25. The van der Waals surface area contributed by atoms with Crippen molar-refractivity contribution in [3.63, 3.8) is 0 Å². The third-order valence-corrected chi connectivity index (χ3v) is 2.40. The van der Waals surface area contributed by atoms with E-state index in [1.165, 1.54) is 0 Å². The van der Waals surface area contributed by atoms with Crippen LogP contribution in [0.15, 0.2) is 18.2 Å². The van der Waals surface area contributed by atoms with Gasteiger partial charge in [0.25, 0.3) is 0 Å². The summed E-state index contributed by atoms with van der Waals surface area (Å²) >= 11 is 6.05. The summed E-state index contributed by atoms with van der Waals surface area (Å²) in [6, 6.07) is 4.91. The van der Waals surface area contributed by atoms with Gasteiger partial charge in [-0.1, -0.05) is 11.6 Å². The molecule has 4 nitrogen and oxygen atoms in total. The smallest absolute Gasteiger partial charge is 0.134 e. The fraction of sp³-hybridized carbons (Fsp3) is 0.222. The van der Waals surface area contributed by atoms with Crippen LogP contribution in [-0.2, 0) is 6.54 Å². The van der Waals surface area contributed by atoms with Gasteiger partial charge in [0.05, 0.1) is 12.1 Å². The third-order valence-electron chi connectivity index (χ3n) is 2.00. The van der Waals surface area contributed by atoms with Crippen molar-refractivity contribution in [3.8, 4) is 5.75 Å². The molecule has 0 spiro atoms. The van der Waals surface area contributed by atoms with Gasteiger partial charge in [-0.2, -0.15) is 5.10 Å². The molecule has 0 aliphatic carbocycles. The molecule has 0 fully saturated rings. The first kappa shape index (κ1) is 9.30. The number of nitrogens with two attached hydrogens (primary N) is 1. The van der Waals surface area contributed by atoms with E-state index in [9.17, 15) is 5.11 Å². The van der Waals surface area contributed by atoms with Gasteiger partial charge in [-0.25, -0.2) is 0 Å². The predicted molar refractivity (Wildman–Crippen MR) is 55.5 cm³/mol. The minimum absolute atomic E-state index is 0.187. The third kappa shape index (κ3) is 1.42. The minimum Gasteiger partial charge on any atom is -0.508 e. The zero-order chi connectivity index (χ0) is 10.1. The number of benzene rings is 1. The molecule has 2 aromatic rings. The maximum Gasteiger partial charge on any atom is 0.134 e. The van der Waals surface area contributed by atoms with E-state index in [1.807, 2.05) is 0 Å². The van der Waals surface area contributed by atoms with Gasteiger partial charge in [-0.3, -0.25) is 4.68 Å². The summed E-state index contributed by atoms with van der Waals surface area (Å²) in [5.41, 5.74) is 6.10. The van der Waals surface area contributed by atoms with Gasteiger partial charge in [0.2, 0.25) is 0 Å². The molecule has 1 heterocycles. The molecule has 3 N–H and O–H groups in total. The van der Waals surface area contributed by atoms with Crippen molar-refractivity contribution in [1.29, 1.82) is 0 Å². The van der Waals surface area contributed by atoms with Gasteiger partial charge >= 0.3 is 0 Å². The molecule has 0 atom stereocenters. The van der Waals surface area contributed by atoms with Crippen molar-refractivity contribution in [2.24, 2.45) is 5.73 Å². The minimum atomic E-state index is 0.187.